The van der Waals surface area contributed by atoms with E-state index in [1.54, 1.807) is 0 Å². The Morgan fingerprint density at radius 2 is 1.82 bits per heavy atom. The first-order valence-corrected chi connectivity index (χ1v) is 7.09. The Labute approximate surface area is 106 Å². The molecule has 17 heavy (non-hydrogen) atoms. The lowest BCUT2D eigenvalue weighted by Gasteiger charge is -2.46. The molecule has 2 rings (SSSR count). The highest BCUT2D eigenvalue weighted by Crippen LogP contribution is 2.28. The van der Waals surface area contributed by atoms with Crippen LogP contribution in [0.4, 0.5) is 0 Å². The van der Waals surface area contributed by atoms with E-state index in [2.05, 4.69) is 38.0 Å². The maximum absolute atomic E-state index is 5.98. The van der Waals surface area contributed by atoms with Crippen molar-refractivity contribution in [2.24, 2.45) is 0 Å². The molecule has 0 aromatic carbocycles. The molecular formula is C14H28N2O. The first-order valence-electron chi connectivity index (χ1n) is 7.09. The summed E-state index contributed by atoms with van der Waals surface area (Å²) in [5, 5.41) is 3.41. The third-order valence-corrected chi connectivity index (χ3v) is 4.22. The van der Waals surface area contributed by atoms with Gasteiger partial charge in [0, 0.05) is 25.2 Å². The minimum absolute atomic E-state index is 0.0253. The van der Waals surface area contributed by atoms with Gasteiger partial charge >= 0.3 is 0 Å². The normalized spacial score (nSPS) is 39.2. The van der Waals surface area contributed by atoms with Gasteiger partial charge in [-0.3, -0.25) is 4.90 Å². The van der Waals surface area contributed by atoms with Crippen LogP contribution in [-0.2, 0) is 4.74 Å². The molecule has 0 aromatic rings. The molecule has 0 aromatic heterocycles. The quantitative estimate of drug-likeness (QED) is 0.799. The zero-order valence-corrected chi connectivity index (χ0v) is 11.8. The fraction of sp³-hybridized carbons (Fsp3) is 1.00. The van der Waals surface area contributed by atoms with E-state index in [-0.39, 0.29) is 5.60 Å². The third kappa shape index (κ3) is 3.43. The molecule has 1 aliphatic heterocycles. The number of rotatable bonds is 2. The molecule has 1 unspecified atom stereocenters. The second kappa shape index (κ2) is 5.25. The predicted molar refractivity (Wildman–Crippen MR) is 71.3 cm³/mol. The summed E-state index contributed by atoms with van der Waals surface area (Å²) in [5.41, 5.74) is 0.0253. The minimum Gasteiger partial charge on any atom is -0.370 e. The Hall–Kier alpha value is -0.120. The molecule has 0 bridgehead atoms. The Morgan fingerprint density at radius 1 is 1.18 bits per heavy atom. The molecule has 1 N–H and O–H groups in total. The van der Waals surface area contributed by atoms with Crippen molar-refractivity contribution in [1.82, 2.24) is 10.2 Å². The standard InChI is InChI=1S/C14H28N2O/c1-11-9-16(10-14(2,3)17-11)13-7-5-12(15-4)6-8-13/h11-13,15H,5-10H2,1-4H3. The maximum Gasteiger partial charge on any atom is 0.0757 e. The molecule has 1 heterocycles. The topological polar surface area (TPSA) is 24.5 Å². The van der Waals surface area contributed by atoms with Crippen LogP contribution >= 0.6 is 0 Å². The van der Waals surface area contributed by atoms with Gasteiger partial charge in [-0.05, 0) is 53.5 Å². The Kier molecular flexibility index (Phi) is 4.11. The number of hydrogen-bond donors (Lipinski definition) is 1. The zero-order valence-electron chi connectivity index (χ0n) is 11.8. The molecule has 3 nitrogen and oxygen atoms in total. The number of ether oxygens (including phenoxy) is 1. The van der Waals surface area contributed by atoms with Gasteiger partial charge in [-0.2, -0.15) is 0 Å². The van der Waals surface area contributed by atoms with Crippen LogP contribution < -0.4 is 5.32 Å². The molecular weight excluding hydrogens is 212 g/mol. The highest BCUT2D eigenvalue weighted by molar-refractivity contribution is 4.89. The first-order chi connectivity index (χ1) is 8.00. The molecule has 1 atom stereocenters. The van der Waals surface area contributed by atoms with E-state index in [9.17, 15) is 0 Å². The monoisotopic (exact) mass is 240 g/mol. The maximum atomic E-state index is 5.98. The lowest BCUT2D eigenvalue weighted by Crippen LogP contribution is -2.56. The van der Waals surface area contributed by atoms with Crippen LogP contribution in [0, 0.1) is 0 Å². The summed E-state index contributed by atoms with van der Waals surface area (Å²) in [5.74, 6) is 0. The van der Waals surface area contributed by atoms with Crippen LogP contribution in [0.5, 0.6) is 0 Å². The van der Waals surface area contributed by atoms with Gasteiger partial charge < -0.3 is 10.1 Å². The molecule has 3 heteroatoms. The Morgan fingerprint density at radius 3 is 2.35 bits per heavy atom. The average Bonchev–Trinajstić information content (AvgIpc) is 2.26. The van der Waals surface area contributed by atoms with Crippen molar-refractivity contribution in [1.29, 1.82) is 0 Å². The summed E-state index contributed by atoms with van der Waals surface area (Å²) in [6.45, 7) is 8.83. The number of nitrogens with one attached hydrogen (secondary N) is 1. The molecule has 1 saturated carbocycles. The highest BCUT2D eigenvalue weighted by atomic mass is 16.5. The van der Waals surface area contributed by atoms with Crippen LogP contribution in [0.25, 0.3) is 0 Å². The van der Waals surface area contributed by atoms with E-state index in [0.29, 0.717) is 6.10 Å². The van der Waals surface area contributed by atoms with E-state index >= 15 is 0 Å². The van der Waals surface area contributed by atoms with E-state index in [4.69, 9.17) is 4.74 Å². The lowest BCUT2D eigenvalue weighted by molar-refractivity contribution is -0.140. The van der Waals surface area contributed by atoms with Crippen molar-refractivity contribution in [2.75, 3.05) is 20.1 Å². The molecule has 0 spiro atoms. The SMILES string of the molecule is CNC1CCC(N2CC(C)OC(C)(C)C2)CC1. The van der Waals surface area contributed by atoms with Crippen LogP contribution in [0.2, 0.25) is 0 Å². The van der Waals surface area contributed by atoms with Crippen molar-refractivity contribution in [2.45, 2.75) is 70.2 Å². The molecule has 2 aliphatic rings. The predicted octanol–water partition coefficient (Wildman–Crippen LogP) is 2.02. The van der Waals surface area contributed by atoms with E-state index in [1.165, 1.54) is 25.7 Å². The van der Waals surface area contributed by atoms with Gasteiger partial charge in [0.2, 0.25) is 0 Å². The second-order valence-electron chi connectivity index (χ2n) is 6.41. The molecule has 1 saturated heterocycles. The van der Waals surface area contributed by atoms with Crippen molar-refractivity contribution >= 4 is 0 Å². The molecule has 1 aliphatic carbocycles. The van der Waals surface area contributed by atoms with Gasteiger partial charge in [-0.25, -0.2) is 0 Å². The van der Waals surface area contributed by atoms with E-state index in [1.807, 2.05) is 0 Å². The van der Waals surface area contributed by atoms with Gasteiger partial charge in [0.25, 0.3) is 0 Å². The Bertz CT molecular complexity index is 247. The van der Waals surface area contributed by atoms with Crippen LogP contribution in [0.1, 0.15) is 46.5 Å². The molecule has 0 amide bonds. The largest absolute Gasteiger partial charge is 0.370 e. The van der Waals surface area contributed by atoms with Crippen LogP contribution in [0.3, 0.4) is 0 Å². The number of nitrogens with zero attached hydrogens (tertiary/aromatic N) is 1. The van der Waals surface area contributed by atoms with Crippen molar-refractivity contribution in [3.8, 4) is 0 Å². The summed E-state index contributed by atoms with van der Waals surface area (Å²) >= 11 is 0. The number of morpholine rings is 1. The van der Waals surface area contributed by atoms with Crippen LogP contribution in [-0.4, -0.2) is 48.8 Å². The van der Waals surface area contributed by atoms with Crippen molar-refractivity contribution < 1.29 is 4.74 Å². The minimum atomic E-state index is 0.0253. The summed E-state index contributed by atoms with van der Waals surface area (Å²) < 4.78 is 5.98. The number of hydrogen-bond acceptors (Lipinski definition) is 3. The molecule has 2 fully saturated rings. The molecule has 100 valence electrons. The zero-order chi connectivity index (χ0) is 12.5. The molecule has 0 radical (unpaired) electrons. The van der Waals surface area contributed by atoms with Gasteiger partial charge in [0.1, 0.15) is 0 Å². The summed E-state index contributed by atoms with van der Waals surface area (Å²) in [6, 6.07) is 1.53. The van der Waals surface area contributed by atoms with Crippen molar-refractivity contribution in [3.63, 3.8) is 0 Å². The van der Waals surface area contributed by atoms with E-state index in [0.717, 1.165) is 25.2 Å². The fourth-order valence-corrected chi connectivity index (χ4v) is 3.51. The summed E-state index contributed by atoms with van der Waals surface area (Å²) in [7, 11) is 2.09. The summed E-state index contributed by atoms with van der Waals surface area (Å²) in [4.78, 5) is 2.67. The van der Waals surface area contributed by atoms with Gasteiger partial charge in [0.05, 0.1) is 11.7 Å². The van der Waals surface area contributed by atoms with Crippen LogP contribution in [0.15, 0.2) is 0 Å². The average molecular weight is 240 g/mol. The first kappa shape index (κ1) is 13.3. The Balaban J connectivity index is 1.90. The van der Waals surface area contributed by atoms with Gasteiger partial charge in [-0.15, -0.1) is 0 Å². The van der Waals surface area contributed by atoms with E-state index < -0.39 is 0 Å². The smallest absolute Gasteiger partial charge is 0.0757 e. The fourth-order valence-electron chi connectivity index (χ4n) is 3.51. The summed E-state index contributed by atoms with van der Waals surface area (Å²) in [6.07, 6.45) is 5.71. The lowest BCUT2D eigenvalue weighted by atomic mass is 9.89. The second-order valence-corrected chi connectivity index (χ2v) is 6.41. The third-order valence-electron chi connectivity index (χ3n) is 4.22. The van der Waals surface area contributed by atoms with Crippen molar-refractivity contribution in [3.05, 3.63) is 0 Å². The highest BCUT2D eigenvalue weighted by Gasteiger charge is 2.35. The van der Waals surface area contributed by atoms with Gasteiger partial charge in [0.15, 0.2) is 0 Å². The van der Waals surface area contributed by atoms with Gasteiger partial charge in [-0.1, -0.05) is 0 Å².